The van der Waals surface area contributed by atoms with Gasteiger partial charge in [0.05, 0.1) is 38.6 Å². The Morgan fingerprint density at radius 1 is 0.444 bits per heavy atom. The monoisotopic (exact) mass is 1040 g/mol. The molecule has 3 fully saturated rings. The zero-order chi connectivity index (χ0) is 52.7. The van der Waals surface area contributed by atoms with Crippen molar-refractivity contribution in [2.75, 3.05) is 26.4 Å². The van der Waals surface area contributed by atoms with Crippen LogP contribution in [0.25, 0.3) is 0 Å². The zero-order valence-electron chi connectivity index (χ0n) is 43.9. The van der Waals surface area contributed by atoms with E-state index in [1.54, 1.807) is 0 Å². The van der Waals surface area contributed by atoms with Gasteiger partial charge < -0.3 is 89.9 Å². The molecule has 0 bridgehead atoms. The molecule has 0 aromatic rings. The highest BCUT2D eigenvalue weighted by Crippen LogP contribution is 2.33. The number of hydrogen-bond donors (Lipinski definition) is 12. The molecular weight excluding hydrogens is 939 g/mol. The normalized spacial score (nSPS) is 31.9. The number of unbranched alkanes of at least 4 members (excludes halogenated alkanes) is 25. The van der Waals surface area contributed by atoms with Gasteiger partial charge in [0, 0.05) is 6.42 Å². The SMILES string of the molecule is CCCCCCCCCCCCCCCCCCCC(=O)NC(COC1OC(CO)C(OC2OC(CO)C(OC3OC(CO)C(O)C(O)C3O)C(O)C2O)C(O)C1O)C(O)CCCCCCCCCCCC. The quantitative estimate of drug-likeness (QED) is 0.0389. The fraction of sp³-hybridized carbons (Fsp3) is 0.981. The molecule has 3 aliphatic rings. The van der Waals surface area contributed by atoms with E-state index in [2.05, 4.69) is 19.2 Å². The second-order valence-electron chi connectivity index (χ2n) is 20.8. The highest BCUT2D eigenvalue weighted by Gasteiger charge is 2.53. The van der Waals surface area contributed by atoms with E-state index in [4.69, 9.17) is 28.4 Å². The summed E-state index contributed by atoms with van der Waals surface area (Å²) in [5.74, 6) is -0.242. The van der Waals surface area contributed by atoms with Gasteiger partial charge in [-0.25, -0.2) is 0 Å². The lowest BCUT2D eigenvalue weighted by Gasteiger charge is -2.48. The lowest BCUT2D eigenvalue weighted by Crippen LogP contribution is -2.66. The predicted molar refractivity (Wildman–Crippen MR) is 268 cm³/mol. The molecule has 19 nitrogen and oxygen atoms in total. The van der Waals surface area contributed by atoms with Crippen LogP contribution in [0.15, 0.2) is 0 Å². The molecule has 1 amide bonds. The number of ether oxygens (including phenoxy) is 6. The van der Waals surface area contributed by atoms with Gasteiger partial charge in [-0.05, 0) is 12.8 Å². The second kappa shape index (κ2) is 38.4. The van der Waals surface area contributed by atoms with Crippen LogP contribution in [0.2, 0.25) is 0 Å². The van der Waals surface area contributed by atoms with E-state index >= 15 is 0 Å². The van der Waals surface area contributed by atoms with Gasteiger partial charge in [-0.3, -0.25) is 4.79 Å². The molecule has 3 saturated heterocycles. The molecule has 72 heavy (non-hydrogen) atoms. The van der Waals surface area contributed by atoms with Gasteiger partial charge in [0.1, 0.15) is 73.2 Å². The van der Waals surface area contributed by atoms with Gasteiger partial charge >= 0.3 is 0 Å². The fourth-order valence-corrected chi connectivity index (χ4v) is 9.96. The van der Waals surface area contributed by atoms with E-state index < -0.39 is 124 Å². The number of carbonyl (C=O) groups is 1. The summed E-state index contributed by atoms with van der Waals surface area (Å²) in [6, 6.07) is -0.878. The molecule has 12 N–H and O–H groups in total. The lowest BCUT2D eigenvalue weighted by atomic mass is 9.96. The Labute approximate surface area is 430 Å². The first kappa shape index (κ1) is 65.1. The van der Waals surface area contributed by atoms with Crippen LogP contribution < -0.4 is 5.32 Å². The van der Waals surface area contributed by atoms with Gasteiger partial charge in [0.25, 0.3) is 0 Å². The Morgan fingerprint density at radius 3 is 1.21 bits per heavy atom. The van der Waals surface area contributed by atoms with Crippen molar-refractivity contribution in [1.29, 1.82) is 0 Å². The molecule has 0 aromatic heterocycles. The Bertz CT molecular complexity index is 1340. The van der Waals surface area contributed by atoms with Gasteiger partial charge in [-0.2, -0.15) is 0 Å². The largest absolute Gasteiger partial charge is 0.394 e. The maximum Gasteiger partial charge on any atom is 0.220 e. The first-order valence-electron chi connectivity index (χ1n) is 28.3. The van der Waals surface area contributed by atoms with Gasteiger partial charge in [0.2, 0.25) is 5.91 Å². The summed E-state index contributed by atoms with van der Waals surface area (Å²) in [6.07, 6.45) is 6.35. The minimum atomic E-state index is -1.97. The van der Waals surface area contributed by atoms with Crippen LogP contribution >= 0.6 is 0 Å². The summed E-state index contributed by atoms with van der Waals surface area (Å²) in [7, 11) is 0. The first-order valence-corrected chi connectivity index (χ1v) is 28.3. The third kappa shape index (κ3) is 23.2. The van der Waals surface area contributed by atoms with Crippen molar-refractivity contribution in [3.63, 3.8) is 0 Å². The van der Waals surface area contributed by atoms with E-state index in [0.29, 0.717) is 12.8 Å². The summed E-state index contributed by atoms with van der Waals surface area (Å²) in [5, 5.41) is 120. The molecule has 426 valence electrons. The molecule has 0 radical (unpaired) electrons. The molecule has 0 spiro atoms. The van der Waals surface area contributed by atoms with Crippen LogP contribution in [-0.4, -0.2) is 193 Å². The van der Waals surface area contributed by atoms with Crippen molar-refractivity contribution in [3.8, 4) is 0 Å². The third-order valence-corrected chi connectivity index (χ3v) is 14.7. The van der Waals surface area contributed by atoms with Crippen LogP contribution in [0, 0.1) is 0 Å². The van der Waals surface area contributed by atoms with Crippen molar-refractivity contribution >= 4 is 5.91 Å². The van der Waals surface area contributed by atoms with E-state index in [-0.39, 0.29) is 18.9 Å². The molecule has 0 aliphatic carbocycles. The first-order chi connectivity index (χ1) is 34.8. The highest BCUT2D eigenvalue weighted by molar-refractivity contribution is 5.76. The number of nitrogens with one attached hydrogen (secondary N) is 1. The lowest BCUT2D eigenvalue weighted by molar-refractivity contribution is -0.379. The molecule has 0 aromatic carbocycles. The van der Waals surface area contributed by atoms with E-state index in [1.165, 1.54) is 122 Å². The molecule has 17 atom stereocenters. The summed E-state index contributed by atoms with van der Waals surface area (Å²) in [4.78, 5) is 13.3. The van der Waals surface area contributed by atoms with Crippen LogP contribution in [0.3, 0.4) is 0 Å². The number of carbonyl (C=O) groups excluding carboxylic acids is 1. The summed E-state index contributed by atoms with van der Waals surface area (Å²) < 4.78 is 34.2. The van der Waals surface area contributed by atoms with Crippen molar-refractivity contribution < 1.29 is 89.4 Å². The van der Waals surface area contributed by atoms with Crippen LogP contribution in [0.4, 0.5) is 0 Å². The smallest absolute Gasteiger partial charge is 0.220 e. The van der Waals surface area contributed by atoms with Crippen LogP contribution in [0.5, 0.6) is 0 Å². The Kier molecular flexibility index (Phi) is 34.7. The fourth-order valence-electron chi connectivity index (χ4n) is 9.96. The van der Waals surface area contributed by atoms with Crippen molar-refractivity contribution in [1.82, 2.24) is 5.32 Å². The Morgan fingerprint density at radius 2 is 0.792 bits per heavy atom. The maximum absolute atomic E-state index is 13.3. The molecular formula is C53H101NO18. The molecule has 3 heterocycles. The number of amides is 1. The summed E-state index contributed by atoms with van der Waals surface area (Å²) in [6.45, 7) is 1.77. The molecule has 3 aliphatic heterocycles. The predicted octanol–water partition coefficient (Wildman–Crippen LogP) is 3.65. The highest BCUT2D eigenvalue weighted by atomic mass is 16.8. The zero-order valence-corrected chi connectivity index (χ0v) is 43.9. The van der Waals surface area contributed by atoms with Crippen LogP contribution in [0.1, 0.15) is 200 Å². The Hall–Kier alpha value is -1.21. The van der Waals surface area contributed by atoms with Crippen molar-refractivity contribution in [2.24, 2.45) is 0 Å². The van der Waals surface area contributed by atoms with Gasteiger partial charge in [-0.15, -0.1) is 0 Å². The maximum atomic E-state index is 13.3. The topological polar surface area (TPSA) is 307 Å². The summed E-state index contributed by atoms with van der Waals surface area (Å²) >= 11 is 0. The van der Waals surface area contributed by atoms with E-state index in [1.807, 2.05) is 0 Å². The minimum Gasteiger partial charge on any atom is -0.394 e. The molecule has 17 unspecified atom stereocenters. The standard InChI is InChI=1S/C53H101NO18/c1-3-5-7-9-11-13-15-16-17-18-19-20-21-23-25-27-29-31-41(59)54-36(37(58)30-28-26-24-22-14-12-10-8-6-4-2)35-67-51-47(65)44(62)49(39(33-56)69-51)72-53-48(66)45(63)50(40(34-57)70-53)71-52-46(64)43(61)42(60)38(32-55)68-52/h36-40,42-53,55-58,60-66H,3-35H2,1-2H3,(H,54,59). The third-order valence-electron chi connectivity index (χ3n) is 14.7. The number of aliphatic hydroxyl groups is 11. The summed E-state index contributed by atoms with van der Waals surface area (Å²) in [5.41, 5.74) is 0. The van der Waals surface area contributed by atoms with Crippen molar-refractivity contribution in [2.45, 2.75) is 304 Å². The van der Waals surface area contributed by atoms with Gasteiger partial charge in [0.15, 0.2) is 18.9 Å². The molecule has 0 saturated carbocycles. The van der Waals surface area contributed by atoms with E-state index in [0.717, 1.165) is 44.9 Å². The number of aliphatic hydroxyl groups excluding tert-OH is 11. The molecule has 19 heteroatoms. The molecule has 3 rings (SSSR count). The number of rotatable bonds is 41. The minimum absolute atomic E-state index is 0.242. The average Bonchev–Trinajstić information content (AvgIpc) is 3.37. The van der Waals surface area contributed by atoms with Crippen molar-refractivity contribution in [3.05, 3.63) is 0 Å². The second-order valence-corrected chi connectivity index (χ2v) is 20.8. The Balaban J connectivity index is 1.50. The van der Waals surface area contributed by atoms with Crippen LogP contribution in [-0.2, 0) is 33.2 Å². The number of hydrogen-bond acceptors (Lipinski definition) is 18. The van der Waals surface area contributed by atoms with Gasteiger partial charge in [-0.1, -0.05) is 181 Å². The van der Waals surface area contributed by atoms with E-state index in [9.17, 15) is 61.0 Å². The average molecular weight is 1040 g/mol.